The van der Waals surface area contributed by atoms with Gasteiger partial charge in [-0.2, -0.15) is 4.68 Å². The highest BCUT2D eigenvalue weighted by molar-refractivity contribution is 5.85. The Labute approximate surface area is 137 Å². The number of fused-ring (bicyclic) bond motifs is 1. The van der Waals surface area contributed by atoms with Crippen LogP contribution in [0.3, 0.4) is 0 Å². The van der Waals surface area contributed by atoms with Crippen LogP contribution in [0.1, 0.15) is 13.3 Å². The molecule has 1 aromatic heterocycles. The standard InChI is InChI=1S/C14H18FN5O2.ClH/c1-2-19-12-9(13(21)20(17)14(19)22)3-4-10(11(12)15)18-6-5-8(16)7-18;/h3-4,8H,2,5-7,16-17H2,1H3;1H. The van der Waals surface area contributed by atoms with Gasteiger partial charge < -0.3 is 16.5 Å². The molecule has 0 saturated carbocycles. The summed E-state index contributed by atoms with van der Waals surface area (Å²) >= 11 is 0. The molecule has 3 rings (SSSR count). The third-order valence-electron chi connectivity index (χ3n) is 4.13. The van der Waals surface area contributed by atoms with Crippen molar-refractivity contribution < 1.29 is 4.39 Å². The second kappa shape index (κ2) is 6.21. The summed E-state index contributed by atoms with van der Waals surface area (Å²) in [5.41, 5.74) is 4.79. The van der Waals surface area contributed by atoms with Crippen LogP contribution in [0.4, 0.5) is 10.1 Å². The van der Waals surface area contributed by atoms with Crippen molar-refractivity contribution in [3.63, 3.8) is 0 Å². The summed E-state index contributed by atoms with van der Waals surface area (Å²) < 4.78 is 16.6. The summed E-state index contributed by atoms with van der Waals surface area (Å²) in [6.07, 6.45) is 0.780. The second-order valence-electron chi connectivity index (χ2n) is 5.49. The van der Waals surface area contributed by atoms with E-state index >= 15 is 0 Å². The molecule has 1 aliphatic rings. The fraction of sp³-hybridized carbons (Fsp3) is 0.429. The van der Waals surface area contributed by atoms with E-state index in [4.69, 9.17) is 11.6 Å². The molecule has 4 N–H and O–H groups in total. The number of nitrogens with zero attached hydrogens (tertiary/aromatic N) is 3. The molecule has 0 amide bonds. The minimum absolute atomic E-state index is 0. The van der Waals surface area contributed by atoms with Crippen molar-refractivity contribution in [3.05, 3.63) is 38.8 Å². The second-order valence-corrected chi connectivity index (χ2v) is 5.49. The Morgan fingerprint density at radius 1 is 1.35 bits per heavy atom. The fourth-order valence-corrected chi connectivity index (χ4v) is 2.98. The minimum Gasteiger partial charge on any atom is -0.367 e. The van der Waals surface area contributed by atoms with E-state index in [2.05, 4.69) is 0 Å². The van der Waals surface area contributed by atoms with Gasteiger partial charge in [-0.1, -0.05) is 0 Å². The third kappa shape index (κ3) is 2.57. The molecule has 0 radical (unpaired) electrons. The van der Waals surface area contributed by atoms with Gasteiger partial charge in [0.1, 0.15) is 0 Å². The van der Waals surface area contributed by atoms with Crippen molar-refractivity contribution in [1.29, 1.82) is 0 Å². The van der Waals surface area contributed by atoms with Crippen LogP contribution in [0.2, 0.25) is 0 Å². The van der Waals surface area contributed by atoms with Gasteiger partial charge in [-0.05, 0) is 25.5 Å². The first-order valence-electron chi connectivity index (χ1n) is 7.19. The average molecular weight is 344 g/mol. The number of halogens is 2. The number of aromatic nitrogens is 2. The van der Waals surface area contributed by atoms with Crippen LogP contribution in [0, 0.1) is 5.82 Å². The van der Waals surface area contributed by atoms with Crippen LogP contribution < -0.4 is 27.7 Å². The summed E-state index contributed by atoms with van der Waals surface area (Å²) in [7, 11) is 0. The predicted octanol–water partition coefficient (Wildman–Crippen LogP) is -0.00480. The number of aryl methyl sites for hydroxylation is 1. The van der Waals surface area contributed by atoms with Crippen LogP contribution in [0.5, 0.6) is 0 Å². The topological polar surface area (TPSA) is 99.3 Å². The lowest BCUT2D eigenvalue weighted by molar-refractivity contribution is 0.604. The van der Waals surface area contributed by atoms with Crippen molar-refractivity contribution in [1.82, 2.24) is 9.24 Å². The number of nitrogens with two attached hydrogens (primary N) is 2. The smallest absolute Gasteiger partial charge is 0.350 e. The van der Waals surface area contributed by atoms with Gasteiger partial charge in [0, 0.05) is 25.7 Å². The predicted molar refractivity (Wildman–Crippen MR) is 90.3 cm³/mol. The molecule has 7 nitrogen and oxygen atoms in total. The van der Waals surface area contributed by atoms with E-state index < -0.39 is 17.1 Å². The van der Waals surface area contributed by atoms with Gasteiger partial charge in [0.25, 0.3) is 5.56 Å². The van der Waals surface area contributed by atoms with Crippen LogP contribution in [0.25, 0.3) is 10.9 Å². The van der Waals surface area contributed by atoms with Gasteiger partial charge in [-0.3, -0.25) is 9.36 Å². The maximum absolute atomic E-state index is 15.0. The Hall–Kier alpha value is -2.06. The molecule has 126 valence electrons. The molecule has 0 aliphatic carbocycles. The molecule has 1 atom stereocenters. The van der Waals surface area contributed by atoms with Crippen molar-refractivity contribution in [2.45, 2.75) is 25.9 Å². The van der Waals surface area contributed by atoms with Gasteiger partial charge in [0.15, 0.2) is 5.82 Å². The first-order valence-corrected chi connectivity index (χ1v) is 7.19. The Morgan fingerprint density at radius 3 is 2.61 bits per heavy atom. The SMILES string of the molecule is CCn1c(=O)n(N)c(=O)c2ccc(N3CCC(N)C3)c(F)c21.Cl. The lowest BCUT2D eigenvalue weighted by Gasteiger charge is -2.20. The number of anilines is 1. The van der Waals surface area contributed by atoms with E-state index in [0.717, 1.165) is 6.42 Å². The molecule has 1 fully saturated rings. The van der Waals surface area contributed by atoms with E-state index in [-0.39, 0.29) is 35.9 Å². The van der Waals surface area contributed by atoms with Gasteiger partial charge in [-0.15, -0.1) is 12.4 Å². The normalized spacial score (nSPS) is 17.5. The maximum Gasteiger partial charge on any atom is 0.350 e. The van der Waals surface area contributed by atoms with Gasteiger partial charge >= 0.3 is 5.69 Å². The van der Waals surface area contributed by atoms with E-state index in [0.29, 0.717) is 23.5 Å². The summed E-state index contributed by atoms with van der Waals surface area (Å²) in [4.78, 5) is 26.0. The summed E-state index contributed by atoms with van der Waals surface area (Å²) in [5.74, 6) is 4.89. The monoisotopic (exact) mass is 343 g/mol. The average Bonchev–Trinajstić information content (AvgIpc) is 2.92. The van der Waals surface area contributed by atoms with Crippen LogP contribution in [-0.2, 0) is 6.54 Å². The highest BCUT2D eigenvalue weighted by Gasteiger charge is 2.24. The molecule has 1 saturated heterocycles. The Kier molecular flexibility index (Phi) is 4.67. The van der Waals surface area contributed by atoms with Crippen molar-refractivity contribution in [2.24, 2.45) is 5.73 Å². The lowest BCUT2D eigenvalue weighted by atomic mass is 10.2. The van der Waals surface area contributed by atoms with Crippen LogP contribution >= 0.6 is 12.4 Å². The summed E-state index contributed by atoms with van der Waals surface area (Å²) in [6, 6.07) is 3.05. The highest BCUT2D eigenvalue weighted by atomic mass is 35.5. The summed E-state index contributed by atoms with van der Waals surface area (Å²) in [6.45, 7) is 3.11. The zero-order valence-corrected chi connectivity index (χ0v) is 13.5. The van der Waals surface area contributed by atoms with Gasteiger partial charge in [0.2, 0.25) is 0 Å². The highest BCUT2D eigenvalue weighted by Crippen LogP contribution is 2.27. The molecule has 2 heterocycles. The molecule has 1 aromatic carbocycles. The maximum atomic E-state index is 15.0. The van der Waals surface area contributed by atoms with Crippen LogP contribution in [0.15, 0.2) is 21.7 Å². The number of nitrogen functional groups attached to an aromatic ring is 1. The lowest BCUT2D eigenvalue weighted by Crippen LogP contribution is -2.44. The van der Waals surface area contributed by atoms with E-state index in [1.54, 1.807) is 13.0 Å². The molecular weight excluding hydrogens is 325 g/mol. The van der Waals surface area contributed by atoms with Gasteiger partial charge in [-0.25, -0.2) is 9.18 Å². The Bertz CT molecular complexity index is 863. The number of rotatable bonds is 2. The summed E-state index contributed by atoms with van der Waals surface area (Å²) in [5, 5.41) is 0.0914. The molecule has 2 aromatic rings. The largest absolute Gasteiger partial charge is 0.367 e. The Balaban J connectivity index is 0.00000192. The number of hydrogen-bond donors (Lipinski definition) is 2. The zero-order valence-electron chi connectivity index (χ0n) is 12.7. The number of benzene rings is 1. The first-order chi connectivity index (χ1) is 10.5. The number of hydrogen-bond acceptors (Lipinski definition) is 5. The molecule has 0 bridgehead atoms. The van der Waals surface area contributed by atoms with Crippen molar-refractivity contribution in [3.8, 4) is 0 Å². The van der Waals surface area contributed by atoms with E-state index in [1.165, 1.54) is 10.6 Å². The quantitative estimate of drug-likeness (QED) is 0.747. The van der Waals surface area contributed by atoms with Crippen molar-refractivity contribution >= 4 is 29.0 Å². The molecule has 0 spiro atoms. The minimum atomic E-state index is -0.728. The zero-order chi connectivity index (χ0) is 16.0. The molecule has 9 heteroatoms. The Morgan fingerprint density at radius 2 is 2.04 bits per heavy atom. The van der Waals surface area contributed by atoms with Crippen molar-refractivity contribution in [2.75, 3.05) is 23.8 Å². The molecule has 23 heavy (non-hydrogen) atoms. The van der Waals surface area contributed by atoms with Crippen LogP contribution in [-0.4, -0.2) is 28.4 Å². The van der Waals surface area contributed by atoms with E-state index in [1.807, 2.05) is 4.90 Å². The molecule has 1 unspecified atom stereocenters. The van der Waals surface area contributed by atoms with Gasteiger partial charge in [0.05, 0.1) is 16.6 Å². The third-order valence-corrected chi connectivity index (χ3v) is 4.13. The molecule has 1 aliphatic heterocycles. The molecular formula is C14H19ClFN5O2. The first kappa shape index (κ1) is 17.3. The van der Waals surface area contributed by atoms with E-state index in [9.17, 15) is 14.0 Å². The fourth-order valence-electron chi connectivity index (χ4n) is 2.98.